The van der Waals surface area contributed by atoms with E-state index in [-0.39, 0.29) is 11.2 Å². The third-order valence-corrected chi connectivity index (χ3v) is 5.54. The molecule has 0 saturated carbocycles. The van der Waals surface area contributed by atoms with Crippen LogP contribution in [0.25, 0.3) is 0 Å². The largest absolute Gasteiger partial charge is 0.493 e. The van der Waals surface area contributed by atoms with E-state index in [9.17, 15) is 4.79 Å². The molecule has 28 heavy (non-hydrogen) atoms. The highest BCUT2D eigenvalue weighted by Crippen LogP contribution is 2.36. The predicted octanol–water partition coefficient (Wildman–Crippen LogP) is 4.85. The van der Waals surface area contributed by atoms with Crippen molar-refractivity contribution in [3.8, 4) is 11.5 Å². The van der Waals surface area contributed by atoms with Crippen LogP contribution in [0.2, 0.25) is 0 Å². The standard InChI is InChI=1S/C23H23NO3S/c1-26-20-15-9-12-18(21(20)27-2)16-24-23(25)22(17-10-5-3-6-11-17)28-19-13-7-4-8-14-19/h3-15,22H,16H2,1-2H3,(H,24,25). The number of ether oxygens (including phenoxy) is 2. The van der Waals surface area contributed by atoms with Gasteiger partial charge in [0.15, 0.2) is 11.5 Å². The molecule has 0 aliphatic rings. The summed E-state index contributed by atoms with van der Waals surface area (Å²) in [5.74, 6) is 1.23. The van der Waals surface area contributed by atoms with Crippen LogP contribution in [0, 0.1) is 0 Å². The number of para-hydroxylation sites is 1. The zero-order valence-electron chi connectivity index (χ0n) is 15.9. The summed E-state index contributed by atoms with van der Waals surface area (Å²) in [6.45, 7) is 0.359. The van der Waals surface area contributed by atoms with Crippen molar-refractivity contribution in [1.82, 2.24) is 5.32 Å². The molecule has 0 aromatic heterocycles. The highest BCUT2D eigenvalue weighted by molar-refractivity contribution is 8.00. The van der Waals surface area contributed by atoms with E-state index in [1.54, 1.807) is 14.2 Å². The van der Waals surface area contributed by atoms with Crippen molar-refractivity contribution in [2.75, 3.05) is 14.2 Å². The Labute approximate surface area is 169 Å². The van der Waals surface area contributed by atoms with Gasteiger partial charge in [-0.1, -0.05) is 60.7 Å². The first-order chi connectivity index (χ1) is 13.7. The Morgan fingerprint density at radius 1 is 0.893 bits per heavy atom. The van der Waals surface area contributed by atoms with Gasteiger partial charge in [-0.25, -0.2) is 0 Å². The molecule has 0 bridgehead atoms. The molecule has 0 saturated heterocycles. The zero-order valence-corrected chi connectivity index (χ0v) is 16.7. The van der Waals surface area contributed by atoms with Crippen LogP contribution in [0.3, 0.4) is 0 Å². The molecule has 0 spiro atoms. The van der Waals surface area contributed by atoms with Crippen molar-refractivity contribution < 1.29 is 14.3 Å². The number of amides is 1. The lowest BCUT2D eigenvalue weighted by molar-refractivity contribution is -0.120. The summed E-state index contributed by atoms with van der Waals surface area (Å²) in [7, 11) is 3.20. The molecule has 0 aliphatic carbocycles. The number of rotatable bonds is 8. The van der Waals surface area contributed by atoms with Crippen molar-refractivity contribution in [1.29, 1.82) is 0 Å². The van der Waals surface area contributed by atoms with Gasteiger partial charge >= 0.3 is 0 Å². The molecule has 3 aromatic rings. The minimum atomic E-state index is -0.347. The minimum absolute atomic E-state index is 0.0510. The summed E-state index contributed by atoms with van der Waals surface area (Å²) >= 11 is 1.53. The quantitative estimate of drug-likeness (QED) is 0.556. The Kier molecular flexibility index (Phi) is 6.98. The first-order valence-corrected chi connectivity index (χ1v) is 9.85. The van der Waals surface area contributed by atoms with E-state index < -0.39 is 0 Å². The topological polar surface area (TPSA) is 47.6 Å². The first-order valence-electron chi connectivity index (χ1n) is 8.97. The van der Waals surface area contributed by atoms with Crippen molar-refractivity contribution >= 4 is 17.7 Å². The molecule has 5 heteroatoms. The molecule has 0 fully saturated rings. The molecule has 0 radical (unpaired) electrons. The fourth-order valence-electron chi connectivity index (χ4n) is 2.90. The van der Waals surface area contributed by atoms with E-state index in [1.165, 1.54) is 11.8 Å². The molecule has 144 valence electrons. The molecular formula is C23H23NO3S. The molecule has 3 aromatic carbocycles. The molecule has 0 aliphatic heterocycles. The minimum Gasteiger partial charge on any atom is -0.493 e. The second kappa shape index (κ2) is 9.85. The number of benzene rings is 3. The summed E-state index contributed by atoms with van der Waals surface area (Å²) < 4.78 is 10.8. The first kappa shape index (κ1) is 19.8. The lowest BCUT2D eigenvalue weighted by Gasteiger charge is -2.18. The number of carbonyl (C=O) groups is 1. The number of methoxy groups -OCH3 is 2. The second-order valence-corrected chi connectivity index (χ2v) is 7.27. The van der Waals surface area contributed by atoms with Crippen LogP contribution in [-0.2, 0) is 11.3 Å². The molecule has 0 heterocycles. The van der Waals surface area contributed by atoms with Crippen LogP contribution in [0.1, 0.15) is 16.4 Å². The molecule has 3 rings (SSSR count). The Balaban J connectivity index is 1.79. The van der Waals surface area contributed by atoms with Crippen LogP contribution >= 0.6 is 11.8 Å². The maximum atomic E-state index is 13.1. The molecule has 4 nitrogen and oxygen atoms in total. The third kappa shape index (κ3) is 4.87. The van der Waals surface area contributed by atoms with Gasteiger partial charge in [0.2, 0.25) is 5.91 Å². The number of hydrogen-bond acceptors (Lipinski definition) is 4. The maximum absolute atomic E-state index is 13.1. The summed E-state index contributed by atoms with van der Waals surface area (Å²) in [5.41, 5.74) is 1.83. The van der Waals surface area contributed by atoms with Gasteiger partial charge in [0.1, 0.15) is 5.25 Å². The fourth-order valence-corrected chi connectivity index (χ4v) is 3.97. The second-order valence-electron chi connectivity index (χ2n) is 6.09. The molecular weight excluding hydrogens is 370 g/mol. The van der Waals surface area contributed by atoms with Crippen LogP contribution in [0.5, 0.6) is 11.5 Å². The van der Waals surface area contributed by atoms with Gasteiger partial charge in [-0.2, -0.15) is 0 Å². The lowest BCUT2D eigenvalue weighted by Crippen LogP contribution is -2.27. The summed E-state index contributed by atoms with van der Waals surface area (Å²) in [6, 6.07) is 25.4. The monoisotopic (exact) mass is 393 g/mol. The van der Waals surface area contributed by atoms with Gasteiger partial charge in [0, 0.05) is 17.0 Å². The Morgan fingerprint density at radius 2 is 1.57 bits per heavy atom. The number of nitrogens with one attached hydrogen (secondary N) is 1. The van der Waals surface area contributed by atoms with E-state index in [2.05, 4.69) is 5.32 Å². The van der Waals surface area contributed by atoms with Crippen molar-refractivity contribution in [2.45, 2.75) is 16.7 Å². The molecule has 1 amide bonds. The predicted molar refractivity (Wildman–Crippen MR) is 113 cm³/mol. The van der Waals surface area contributed by atoms with Crippen LogP contribution in [0.4, 0.5) is 0 Å². The fraction of sp³-hybridized carbons (Fsp3) is 0.174. The summed E-state index contributed by atoms with van der Waals surface area (Å²) in [6.07, 6.45) is 0. The normalized spacial score (nSPS) is 11.5. The van der Waals surface area contributed by atoms with Gasteiger partial charge in [-0.05, 0) is 23.8 Å². The zero-order chi connectivity index (χ0) is 19.8. The van der Waals surface area contributed by atoms with E-state index in [0.717, 1.165) is 16.0 Å². The number of carbonyl (C=O) groups excluding carboxylic acids is 1. The molecule has 1 N–H and O–H groups in total. The van der Waals surface area contributed by atoms with Crippen LogP contribution < -0.4 is 14.8 Å². The maximum Gasteiger partial charge on any atom is 0.238 e. The number of thioether (sulfide) groups is 1. The Hall–Kier alpha value is -2.92. The Bertz CT molecular complexity index is 900. The SMILES string of the molecule is COc1cccc(CNC(=O)C(Sc2ccccc2)c2ccccc2)c1OC. The van der Waals surface area contributed by atoms with Gasteiger partial charge in [0.25, 0.3) is 0 Å². The van der Waals surface area contributed by atoms with E-state index in [1.807, 2.05) is 78.9 Å². The van der Waals surface area contributed by atoms with E-state index >= 15 is 0 Å². The van der Waals surface area contributed by atoms with E-state index in [0.29, 0.717) is 18.0 Å². The average Bonchev–Trinajstić information content (AvgIpc) is 2.76. The van der Waals surface area contributed by atoms with Gasteiger partial charge in [-0.3, -0.25) is 4.79 Å². The summed E-state index contributed by atoms with van der Waals surface area (Å²) in [4.78, 5) is 14.1. The van der Waals surface area contributed by atoms with Crippen LogP contribution in [0.15, 0.2) is 83.8 Å². The van der Waals surface area contributed by atoms with Crippen molar-refractivity contribution in [3.63, 3.8) is 0 Å². The molecule has 1 unspecified atom stereocenters. The van der Waals surface area contributed by atoms with E-state index in [4.69, 9.17) is 9.47 Å². The third-order valence-electron chi connectivity index (χ3n) is 4.28. The smallest absolute Gasteiger partial charge is 0.238 e. The van der Waals surface area contributed by atoms with Crippen LogP contribution in [-0.4, -0.2) is 20.1 Å². The van der Waals surface area contributed by atoms with Gasteiger partial charge in [-0.15, -0.1) is 11.8 Å². The van der Waals surface area contributed by atoms with Gasteiger partial charge in [0.05, 0.1) is 14.2 Å². The number of hydrogen-bond donors (Lipinski definition) is 1. The highest BCUT2D eigenvalue weighted by Gasteiger charge is 2.22. The average molecular weight is 394 g/mol. The van der Waals surface area contributed by atoms with Gasteiger partial charge < -0.3 is 14.8 Å². The molecule has 1 atom stereocenters. The van der Waals surface area contributed by atoms with Crippen molar-refractivity contribution in [2.24, 2.45) is 0 Å². The highest BCUT2D eigenvalue weighted by atomic mass is 32.2. The Morgan fingerprint density at radius 3 is 2.21 bits per heavy atom. The van der Waals surface area contributed by atoms with Crippen molar-refractivity contribution in [3.05, 3.63) is 90.0 Å². The summed E-state index contributed by atoms with van der Waals surface area (Å²) in [5, 5.41) is 2.70. The lowest BCUT2D eigenvalue weighted by atomic mass is 10.1.